The zero-order valence-corrected chi connectivity index (χ0v) is 13.9. The SMILES string of the molecule is Cc1cccc2[nH]cc(CCNC(N)=NCCc3ccccn3)c12. The molecule has 4 N–H and O–H groups in total. The Morgan fingerprint density at radius 3 is 2.96 bits per heavy atom. The van der Waals surface area contributed by atoms with E-state index in [-0.39, 0.29) is 0 Å². The maximum absolute atomic E-state index is 5.93. The largest absolute Gasteiger partial charge is 0.370 e. The molecule has 0 aliphatic rings. The molecular weight excluding hydrogens is 298 g/mol. The molecule has 2 aromatic heterocycles. The quantitative estimate of drug-likeness (QED) is 0.482. The third-order valence-corrected chi connectivity index (χ3v) is 4.07. The van der Waals surface area contributed by atoms with Crippen LogP contribution in [0.4, 0.5) is 0 Å². The highest BCUT2D eigenvalue weighted by molar-refractivity contribution is 5.86. The smallest absolute Gasteiger partial charge is 0.188 e. The van der Waals surface area contributed by atoms with Gasteiger partial charge < -0.3 is 16.0 Å². The number of aromatic amines is 1. The molecule has 0 amide bonds. The van der Waals surface area contributed by atoms with E-state index in [2.05, 4.69) is 51.6 Å². The summed E-state index contributed by atoms with van der Waals surface area (Å²) in [5, 5.41) is 4.49. The van der Waals surface area contributed by atoms with Gasteiger partial charge in [0.1, 0.15) is 0 Å². The summed E-state index contributed by atoms with van der Waals surface area (Å²) in [6.07, 6.45) is 5.57. The van der Waals surface area contributed by atoms with Crippen molar-refractivity contribution >= 4 is 16.9 Å². The van der Waals surface area contributed by atoms with E-state index in [9.17, 15) is 0 Å². The second-order valence-electron chi connectivity index (χ2n) is 5.83. The maximum Gasteiger partial charge on any atom is 0.188 e. The lowest BCUT2D eigenvalue weighted by molar-refractivity contribution is 0.842. The van der Waals surface area contributed by atoms with E-state index in [0.29, 0.717) is 12.5 Å². The van der Waals surface area contributed by atoms with Crippen molar-refractivity contribution in [3.8, 4) is 0 Å². The van der Waals surface area contributed by atoms with Crippen LogP contribution in [-0.4, -0.2) is 29.0 Å². The average Bonchev–Trinajstić information content (AvgIpc) is 3.00. The number of nitrogens with one attached hydrogen (secondary N) is 2. The molecule has 24 heavy (non-hydrogen) atoms. The summed E-state index contributed by atoms with van der Waals surface area (Å²) >= 11 is 0. The van der Waals surface area contributed by atoms with Gasteiger partial charge in [-0.1, -0.05) is 18.2 Å². The van der Waals surface area contributed by atoms with Crippen LogP contribution in [0.2, 0.25) is 0 Å². The van der Waals surface area contributed by atoms with E-state index >= 15 is 0 Å². The van der Waals surface area contributed by atoms with Crippen LogP contribution in [-0.2, 0) is 12.8 Å². The first-order valence-electron chi connectivity index (χ1n) is 8.23. The van der Waals surface area contributed by atoms with E-state index in [1.54, 1.807) is 6.20 Å². The Hall–Kier alpha value is -2.82. The molecule has 0 saturated heterocycles. The molecule has 0 saturated carbocycles. The Labute approximate surface area is 142 Å². The van der Waals surface area contributed by atoms with Gasteiger partial charge >= 0.3 is 0 Å². The monoisotopic (exact) mass is 321 g/mol. The van der Waals surface area contributed by atoms with Crippen molar-refractivity contribution in [2.24, 2.45) is 10.7 Å². The highest BCUT2D eigenvalue weighted by Gasteiger charge is 2.05. The molecule has 5 nitrogen and oxygen atoms in total. The standard InChI is InChI=1S/C19H23N5/c1-14-5-4-7-17-18(14)15(13-24-17)8-11-22-19(20)23-12-9-16-6-2-3-10-21-16/h2-7,10,13,24H,8-9,11-12H2,1H3,(H3,20,22,23). The fourth-order valence-corrected chi connectivity index (χ4v) is 2.87. The number of hydrogen-bond donors (Lipinski definition) is 3. The van der Waals surface area contributed by atoms with Crippen molar-refractivity contribution in [1.82, 2.24) is 15.3 Å². The van der Waals surface area contributed by atoms with Crippen LogP contribution >= 0.6 is 0 Å². The summed E-state index contributed by atoms with van der Waals surface area (Å²) in [6, 6.07) is 12.2. The fraction of sp³-hybridized carbons (Fsp3) is 0.263. The molecule has 0 bridgehead atoms. The zero-order valence-electron chi connectivity index (χ0n) is 13.9. The lowest BCUT2D eigenvalue weighted by atomic mass is 10.1. The van der Waals surface area contributed by atoms with Crippen LogP contribution < -0.4 is 11.1 Å². The van der Waals surface area contributed by atoms with Gasteiger partial charge in [0.05, 0.1) is 0 Å². The van der Waals surface area contributed by atoms with Crippen molar-refractivity contribution in [1.29, 1.82) is 0 Å². The van der Waals surface area contributed by atoms with Crippen molar-refractivity contribution < 1.29 is 0 Å². The number of rotatable bonds is 6. The number of nitrogens with zero attached hydrogens (tertiary/aromatic N) is 2. The van der Waals surface area contributed by atoms with Gasteiger partial charge in [-0.15, -0.1) is 0 Å². The Balaban J connectivity index is 1.49. The first kappa shape index (κ1) is 16.1. The van der Waals surface area contributed by atoms with Crippen LogP contribution in [0.15, 0.2) is 53.8 Å². The lowest BCUT2D eigenvalue weighted by Crippen LogP contribution is -2.33. The van der Waals surface area contributed by atoms with Crippen molar-refractivity contribution in [3.05, 3.63) is 65.6 Å². The van der Waals surface area contributed by atoms with E-state index in [4.69, 9.17) is 5.73 Å². The molecule has 5 heteroatoms. The molecule has 3 rings (SSSR count). The van der Waals surface area contributed by atoms with Gasteiger partial charge in [0.2, 0.25) is 0 Å². The summed E-state index contributed by atoms with van der Waals surface area (Å²) in [5.74, 6) is 0.488. The number of fused-ring (bicyclic) bond motifs is 1. The van der Waals surface area contributed by atoms with Crippen molar-refractivity contribution in [2.75, 3.05) is 13.1 Å². The van der Waals surface area contributed by atoms with Crippen LogP contribution in [0, 0.1) is 6.92 Å². The van der Waals surface area contributed by atoms with E-state index < -0.39 is 0 Å². The van der Waals surface area contributed by atoms with Crippen LogP contribution in [0.3, 0.4) is 0 Å². The minimum atomic E-state index is 0.488. The maximum atomic E-state index is 5.93. The van der Waals surface area contributed by atoms with E-state index in [1.165, 1.54) is 22.0 Å². The molecule has 0 aliphatic carbocycles. The van der Waals surface area contributed by atoms with Gasteiger partial charge in [-0.2, -0.15) is 0 Å². The molecule has 0 radical (unpaired) electrons. The number of pyridine rings is 1. The molecule has 0 fully saturated rings. The Kier molecular flexibility index (Phi) is 5.11. The predicted molar refractivity (Wildman–Crippen MR) is 99.2 cm³/mol. The zero-order chi connectivity index (χ0) is 16.8. The number of guanidine groups is 1. The molecule has 0 atom stereocenters. The first-order chi connectivity index (χ1) is 11.7. The second kappa shape index (κ2) is 7.64. The number of aromatic nitrogens is 2. The van der Waals surface area contributed by atoms with Gasteiger partial charge in [0, 0.05) is 48.5 Å². The Bertz CT molecular complexity index is 820. The molecule has 1 aromatic carbocycles. The first-order valence-corrected chi connectivity index (χ1v) is 8.23. The number of hydrogen-bond acceptors (Lipinski definition) is 2. The van der Waals surface area contributed by atoms with Crippen LogP contribution in [0.25, 0.3) is 10.9 Å². The number of nitrogens with two attached hydrogens (primary N) is 1. The third kappa shape index (κ3) is 3.93. The van der Waals surface area contributed by atoms with Gasteiger partial charge in [0.15, 0.2) is 5.96 Å². The number of aryl methyl sites for hydroxylation is 1. The summed E-state index contributed by atoms with van der Waals surface area (Å²) in [5.41, 5.74) is 10.7. The van der Waals surface area contributed by atoms with E-state index in [1.807, 2.05) is 18.2 Å². The normalized spacial score (nSPS) is 11.8. The minimum absolute atomic E-state index is 0.488. The summed E-state index contributed by atoms with van der Waals surface area (Å²) in [6.45, 7) is 3.54. The number of benzene rings is 1. The van der Waals surface area contributed by atoms with Gasteiger partial charge in [-0.05, 0) is 42.7 Å². The van der Waals surface area contributed by atoms with Crippen LogP contribution in [0.5, 0.6) is 0 Å². The summed E-state index contributed by atoms with van der Waals surface area (Å²) in [4.78, 5) is 12.0. The van der Waals surface area contributed by atoms with Gasteiger partial charge in [-0.3, -0.25) is 9.98 Å². The van der Waals surface area contributed by atoms with Crippen molar-refractivity contribution in [2.45, 2.75) is 19.8 Å². The van der Waals surface area contributed by atoms with Gasteiger partial charge in [-0.25, -0.2) is 0 Å². The highest BCUT2D eigenvalue weighted by Crippen LogP contribution is 2.22. The van der Waals surface area contributed by atoms with Crippen molar-refractivity contribution in [3.63, 3.8) is 0 Å². The molecular formula is C19H23N5. The van der Waals surface area contributed by atoms with E-state index in [0.717, 1.165) is 25.1 Å². The number of aliphatic imine (C=N–C) groups is 1. The number of H-pyrrole nitrogens is 1. The third-order valence-electron chi connectivity index (χ3n) is 4.07. The molecule has 0 unspecified atom stereocenters. The molecule has 3 aromatic rings. The molecule has 0 aliphatic heterocycles. The van der Waals surface area contributed by atoms with Gasteiger partial charge in [0.25, 0.3) is 0 Å². The molecule has 0 spiro atoms. The average molecular weight is 321 g/mol. The molecule has 124 valence electrons. The minimum Gasteiger partial charge on any atom is -0.370 e. The Morgan fingerprint density at radius 2 is 2.12 bits per heavy atom. The van der Waals surface area contributed by atoms with Crippen LogP contribution in [0.1, 0.15) is 16.8 Å². The summed E-state index contributed by atoms with van der Waals surface area (Å²) < 4.78 is 0. The lowest BCUT2D eigenvalue weighted by Gasteiger charge is -2.06. The Morgan fingerprint density at radius 1 is 1.21 bits per heavy atom. The fourth-order valence-electron chi connectivity index (χ4n) is 2.87. The summed E-state index contributed by atoms with van der Waals surface area (Å²) in [7, 11) is 0. The predicted octanol–water partition coefficient (Wildman–Crippen LogP) is 2.56. The topological polar surface area (TPSA) is 79.1 Å². The second-order valence-corrected chi connectivity index (χ2v) is 5.83. The highest BCUT2D eigenvalue weighted by atomic mass is 15.1. The molecule has 2 heterocycles.